The summed E-state index contributed by atoms with van der Waals surface area (Å²) in [6.45, 7) is 0.726. The fourth-order valence-electron chi connectivity index (χ4n) is 0.195. The van der Waals surface area contributed by atoms with Crippen molar-refractivity contribution in [2.24, 2.45) is 5.73 Å². The Labute approximate surface area is 51.4 Å². The summed E-state index contributed by atoms with van der Waals surface area (Å²) in [6.07, 6.45) is 0. The van der Waals surface area contributed by atoms with E-state index in [9.17, 15) is 9.59 Å². The van der Waals surface area contributed by atoms with Gasteiger partial charge in [0, 0.05) is 0 Å². The second-order valence-electron chi connectivity index (χ2n) is 1.34. The van der Waals surface area contributed by atoms with Crippen molar-refractivity contribution in [3.8, 4) is 0 Å². The summed E-state index contributed by atoms with van der Waals surface area (Å²) in [5.74, 6) is -1.20. The molecule has 0 aliphatic rings. The second kappa shape index (κ2) is 3.85. The Bertz CT molecular complexity index is 113. The van der Waals surface area contributed by atoms with Crippen LogP contribution in [0.15, 0.2) is 0 Å². The molecule has 51 valence electrons. The third kappa shape index (κ3) is 3.48. The summed E-state index contributed by atoms with van der Waals surface area (Å²) < 4.78 is 3.95. The molecule has 0 rings (SSSR count). The maximum Gasteiger partial charge on any atom is 0.417 e. The third-order valence-corrected chi connectivity index (χ3v) is 0.639. The van der Waals surface area contributed by atoms with Crippen molar-refractivity contribution in [2.45, 2.75) is 6.04 Å². The Morgan fingerprint density at radius 3 is 2.78 bits per heavy atom. The number of hydrogen-bond donors (Lipinski definition) is 2. The summed E-state index contributed by atoms with van der Waals surface area (Å²) in [5.41, 5.74) is 4.90. The average Bonchev–Trinajstić information content (AvgIpc) is 1.82. The average molecular weight is 132 g/mol. The molecule has 0 spiro atoms. The van der Waals surface area contributed by atoms with E-state index in [0.29, 0.717) is 0 Å². The number of hydrogen-bond acceptors (Lipinski definition) is 4. The van der Waals surface area contributed by atoms with Crippen molar-refractivity contribution < 1.29 is 19.4 Å². The SMILES string of the molecule is NC(CO[C]=O)C(=O)O. The highest BCUT2D eigenvalue weighted by molar-refractivity contribution is 5.73. The molecule has 9 heavy (non-hydrogen) atoms. The van der Waals surface area contributed by atoms with Crippen molar-refractivity contribution >= 4 is 12.4 Å². The zero-order valence-electron chi connectivity index (χ0n) is 4.53. The molecule has 1 atom stereocenters. The number of rotatable bonds is 4. The first-order valence-corrected chi connectivity index (χ1v) is 2.15. The van der Waals surface area contributed by atoms with Gasteiger partial charge in [-0.25, -0.2) is 4.79 Å². The Balaban J connectivity index is 3.37. The van der Waals surface area contributed by atoms with E-state index >= 15 is 0 Å². The van der Waals surface area contributed by atoms with Crippen LogP contribution in [0.3, 0.4) is 0 Å². The Hall–Kier alpha value is -1.10. The number of carboxylic acids is 1. The first-order valence-electron chi connectivity index (χ1n) is 2.15. The number of aliphatic carboxylic acids is 1. The Kier molecular flexibility index (Phi) is 3.38. The maximum atomic E-state index is 9.87. The van der Waals surface area contributed by atoms with Gasteiger partial charge in [0.25, 0.3) is 0 Å². The summed E-state index contributed by atoms with van der Waals surface area (Å²) in [7, 11) is 0. The Morgan fingerprint density at radius 2 is 2.44 bits per heavy atom. The lowest BCUT2D eigenvalue weighted by Gasteiger charge is -2.01. The summed E-state index contributed by atoms with van der Waals surface area (Å²) in [4.78, 5) is 19.2. The molecule has 0 aromatic carbocycles. The highest BCUT2D eigenvalue weighted by atomic mass is 16.5. The van der Waals surface area contributed by atoms with Crippen LogP contribution in [0.4, 0.5) is 0 Å². The second-order valence-corrected chi connectivity index (χ2v) is 1.34. The lowest BCUT2D eigenvalue weighted by Crippen LogP contribution is -2.34. The molecule has 5 nitrogen and oxygen atoms in total. The summed E-state index contributed by atoms with van der Waals surface area (Å²) in [6, 6.07) is -1.15. The number of carbonyl (C=O) groups is 1. The topological polar surface area (TPSA) is 89.6 Å². The molecular weight excluding hydrogens is 126 g/mol. The number of ether oxygens (including phenoxy) is 1. The third-order valence-electron chi connectivity index (χ3n) is 0.639. The van der Waals surface area contributed by atoms with Crippen LogP contribution in [-0.4, -0.2) is 30.2 Å². The molecule has 5 heteroatoms. The minimum Gasteiger partial charge on any atom is -0.480 e. The summed E-state index contributed by atoms with van der Waals surface area (Å²) >= 11 is 0. The molecule has 0 fully saturated rings. The molecule has 0 aliphatic carbocycles. The van der Waals surface area contributed by atoms with E-state index in [1.807, 2.05) is 0 Å². The highest BCUT2D eigenvalue weighted by Gasteiger charge is 2.10. The maximum absolute atomic E-state index is 9.87. The smallest absolute Gasteiger partial charge is 0.417 e. The van der Waals surface area contributed by atoms with Crippen LogP contribution in [0, 0.1) is 0 Å². The van der Waals surface area contributed by atoms with Gasteiger partial charge in [-0.2, -0.15) is 0 Å². The van der Waals surface area contributed by atoms with Gasteiger partial charge in [-0.3, -0.25) is 4.79 Å². The van der Waals surface area contributed by atoms with Crippen LogP contribution in [0.25, 0.3) is 0 Å². The predicted molar refractivity (Wildman–Crippen MR) is 27.3 cm³/mol. The largest absolute Gasteiger partial charge is 0.480 e. The first kappa shape index (κ1) is 7.90. The van der Waals surface area contributed by atoms with Gasteiger partial charge < -0.3 is 15.6 Å². The van der Waals surface area contributed by atoms with Crippen LogP contribution < -0.4 is 5.73 Å². The van der Waals surface area contributed by atoms with Crippen LogP contribution in [0.1, 0.15) is 0 Å². The van der Waals surface area contributed by atoms with Gasteiger partial charge in [-0.15, -0.1) is 0 Å². The summed E-state index contributed by atoms with van der Waals surface area (Å²) in [5, 5.41) is 8.07. The molecule has 0 saturated carbocycles. The number of carboxylic acid groups (broad SMARTS) is 1. The van der Waals surface area contributed by atoms with Crippen molar-refractivity contribution in [1.82, 2.24) is 0 Å². The van der Waals surface area contributed by atoms with E-state index in [2.05, 4.69) is 4.74 Å². The minimum absolute atomic E-state index is 0.334. The lowest BCUT2D eigenvalue weighted by atomic mass is 10.3. The fraction of sp³-hybridized carbons (Fsp3) is 0.500. The minimum atomic E-state index is -1.20. The van der Waals surface area contributed by atoms with E-state index in [-0.39, 0.29) is 6.61 Å². The molecule has 1 radical (unpaired) electrons. The standard InChI is InChI=1S/C4H6NO4/c5-3(4(7)8)1-9-2-6/h3H,1,5H2,(H,7,8). The predicted octanol–water partition coefficient (Wildman–Crippen LogP) is -1.52. The normalized spacial score (nSPS) is 12.1. The van der Waals surface area contributed by atoms with Gasteiger partial charge in [0.1, 0.15) is 12.6 Å². The molecular formula is C4H6NO4. The van der Waals surface area contributed by atoms with Gasteiger partial charge in [0.05, 0.1) is 0 Å². The van der Waals surface area contributed by atoms with E-state index in [4.69, 9.17) is 10.8 Å². The molecule has 0 aliphatic heterocycles. The monoisotopic (exact) mass is 132 g/mol. The van der Waals surface area contributed by atoms with Crippen molar-refractivity contribution in [1.29, 1.82) is 0 Å². The highest BCUT2D eigenvalue weighted by Crippen LogP contribution is 1.77. The molecule has 0 amide bonds. The van der Waals surface area contributed by atoms with Crippen LogP contribution in [0.2, 0.25) is 0 Å². The van der Waals surface area contributed by atoms with Crippen LogP contribution >= 0.6 is 0 Å². The van der Waals surface area contributed by atoms with Gasteiger partial charge in [-0.05, 0) is 0 Å². The van der Waals surface area contributed by atoms with Crippen molar-refractivity contribution in [2.75, 3.05) is 6.61 Å². The Morgan fingerprint density at radius 1 is 1.89 bits per heavy atom. The molecule has 0 aromatic rings. The molecule has 3 N–H and O–H groups in total. The molecule has 0 bridgehead atoms. The van der Waals surface area contributed by atoms with Gasteiger partial charge >= 0.3 is 12.4 Å². The molecule has 0 heterocycles. The zero-order valence-corrected chi connectivity index (χ0v) is 4.53. The zero-order chi connectivity index (χ0) is 7.28. The van der Waals surface area contributed by atoms with Crippen molar-refractivity contribution in [3.05, 3.63) is 0 Å². The van der Waals surface area contributed by atoms with Gasteiger partial charge in [0.15, 0.2) is 0 Å². The van der Waals surface area contributed by atoms with Crippen molar-refractivity contribution in [3.63, 3.8) is 0 Å². The van der Waals surface area contributed by atoms with Crippen LogP contribution in [-0.2, 0) is 14.3 Å². The first-order chi connectivity index (χ1) is 4.18. The number of carbonyl (C=O) groups excluding carboxylic acids is 1. The molecule has 0 saturated heterocycles. The van der Waals surface area contributed by atoms with E-state index in [1.165, 1.54) is 0 Å². The fourth-order valence-corrected chi connectivity index (χ4v) is 0.195. The van der Waals surface area contributed by atoms with E-state index < -0.39 is 12.0 Å². The van der Waals surface area contributed by atoms with E-state index in [1.54, 1.807) is 0 Å². The lowest BCUT2D eigenvalue weighted by molar-refractivity contribution is -0.139. The number of nitrogens with two attached hydrogens (primary N) is 1. The quantitative estimate of drug-likeness (QED) is 0.485. The van der Waals surface area contributed by atoms with Gasteiger partial charge in [-0.1, -0.05) is 0 Å². The van der Waals surface area contributed by atoms with Gasteiger partial charge in [0.2, 0.25) is 0 Å². The molecule has 0 aromatic heterocycles. The van der Waals surface area contributed by atoms with E-state index in [0.717, 1.165) is 6.47 Å². The molecule has 1 unspecified atom stereocenters. The van der Waals surface area contributed by atoms with Crippen LogP contribution in [0.5, 0.6) is 0 Å².